The van der Waals surface area contributed by atoms with E-state index < -0.39 is 0 Å². The SMILES string of the molecule is CC(CNC1CC(c2ccccc2Cl)C1)c1ccccc1. The fourth-order valence-corrected chi connectivity index (χ4v) is 3.38. The lowest BCUT2D eigenvalue weighted by Gasteiger charge is -2.37. The van der Waals surface area contributed by atoms with Crippen LogP contribution in [0.5, 0.6) is 0 Å². The number of hydrogen-bond donors (Lipinski definition) is 1. The van der Waals surface area contributed by atoms with Gasteiger partial charge in [-0.3, -0.25) is 0 Å². The molecule has 3 rings (SSSR count). The predicted octanol–water partition coefficient (Wildman–Crippen LogP) is 4.98. The molecule has 2 heteroatoms. The number of hydrogen-bond acceptors (Lipinski definition) is 1. The molecule has 2 aromatic rings. The third-order valence-corrected chi connectivity index (χ3v) is 4.91. The van der Waals surface area contributed by atoms with Crippen LogP contribution in [0.25, 0.3) is 0 Å². The van der Waals surface area contributed by atoms with Crippen LogP contribution in [-0.2, 0) is 0 Å². The molecule has 0 aromatic heterocycles. The number of halogens is 1. The molecule has 1 atom stereocenters. The molecule has 0 heterocycles. The summed E-state index contributed by atoms with van der Waals surface area (Å²) in [7, 11) is 0. The Kier molecular flexibility index (Phi) is 4.62. The van der Waals surface area contributed by atoms with Crippen molar-refractivity contribution in [2.75, 3.05) is 6.54 Å². The van der Waals surface area contributed by atoms with Crippen LogP contribution in [0.4, 0.5) is 0 Å². The highest BCUT2D eigenvalue weighted by molar-refractivity contribution is 6.31. The Balaban J connectivity index is 1.46. The number of nitrogens with one attached hydrogen (secondary N) is 1. The maximum Gasteiger partial charge on any atom is 0.0440 e. The molecule has 0 radical (unpaired) electrons. The summed E-state index contributed by atoms with van der Waals surface area (Å²) in [4.78, 5) is 0. The summed E-state index contributed by atoms with van der Waals surface area (Å²) < 4.78 is 0. The zero-order chi connectivity index (χ0) is 14.7. The second kappa shape index (κ2) is 6.64. The molecule has 1 N–H and O–H groups in total. The average molecular weight is 300 g/mol. The fraction of sp³-hybridized carbons (Fsp3) is 0.368. The molecule has 1 unspecified atom stereocenters. The molecular weight excluding hydrogens is 278 g/mol. The molecular formula is C19H22ClN. The lowest BCUT2D eigenvalue weighted by atomic mass is 9.75. The Hall–Kier alpha value is -1.31. The van der Waals surface area contributed by atoms with E-state index in [9.17, 15) is 0 Å². The largest absolute Gasteiger partial charge is 0.313 e. The van der Waals surface area contributed by atoms with E-state index in [2.05, 4.69) is 54.7 Å². The third-order valence-electron chi connectivity index (χ3n) is 4.56. The Bertz CT molecular complexity index is 575. The van der Waals surface area contributed by atoms with Crippen molar-refractivity contribution in [3.63, 3.8) is 0 Å². The van der Waals surface area contributed by atoms with Crippen molar-refractivity contribution in [2.45, 2.75) is 37.6 Å². The van der Waals surface area contributed by atoms with E-state index in [1.165, 1.54) is 24.0 Å². The van der Waals surface area contributed by atoms with Crippen molar-refractivity contribution in [1.29, 1.82) is 0 Å². The molecule has 1 nitrogen and oxygen atoms in total. The number of rotatable bonds is 5. The van der Waals surface area contributed by atoms with Gasteiger partial charge in [0.2, 0.25) is 0 Å². The molecule has 1 saturated carbocycles. The number of benzene rings is 2. The van der Waals surface area contributed by atoms with Crippen LogP contribution in [0.2, 0.25) is 5.02 Å². The first-order chi connectivity index (χ1) is 10.2. The van der Waals surface area contributed by atoms with Crippen LogP contribution in [0, 0.1) is 0 Å². The zero-order valence-corrected chi connectivity index (χ0v) is 13.2. The molecule has 1 aliphatic rings. The van der Waals surface area contributed by atoms with Crippen molar-refractivity contribution in [3.8, 4) is 0 Å². The van der Waals surface area contributed by atoms with Gasteiger partial charge in [-0.1, -0.05) is 67.1 Å². The van der Waals surface area contributed by atoms with Gasteiger partial charge in [0.25, 0.3) is 0 Å². The smallest absolute Gasteiger partial charge is 0.0440 e. The van der Waals surface area contributed by atoms with E-state index >= 15 is 0 Å². The van der Waals surface area contributed by atoms with Crippen molar-refractivity contribution < 1.29 is 0 Å². The van der Waals surface area contributed by atoms with Crippen LogP contribution >= 0.6 is 11.6 Å². The quantitative estimate of drug-likeness (QED) is 0.821. The van der Waals surface area contributed by atoms with E-state index in [4.69, 9.17) is 11.6 Å². The van der Waals surface area contributed by atoms with Crippen molar-refractivity contribution in [3.05, 3.63) is 70.7 Å². The minimum atomic E-state index is 0.561. The summed E-state index contributed by atoms with van der Waals surface area (Å²) in [5, 5.41) is 4.61. The van der Waals surface area contributed by atoms with E-state index in [-0.39, 0.29) is 0 Å². The topological polar surface area (TPSA) is 12.0 Å². The van der Waals surface area contributed by atoms with E-state index in [1.54, 1.807) is 0 Å². The molecule has 0 amide bonds. The van der Waals surface area contributed by atoms with Gasteiger partial charge in [0.1, 0.15) is 0 Å². The van der Waals surface area contributed by atoms with Gasteiger partial charge in [0.15, 0.2) is 0 Å². The van der Waals surface area contributed by atoms with Gasteiger partial charge in [-0.15, -0.1) is 0 Å². The molecule has 110 valence electrons. The van der Waals surface area contributed by atoms with Gasteiger partial charge in [0, 0.05) is 17.6 Å². The Morgan fingerprint density at radius 3 is 2.43 bits per heavy atom. The summed E-state index contributed by atoms with van der Waals surface area (Å²) in [5.41, 5.74) is 2.72. The Labute approximate surface area is 132 Å². The lowest BCUT2D eigenvalue weighted by Crippen LogP contribution is -2.41. The summed E-state index contributed by atoms with van der Waals surface area (Å²) in [5.74, 6) is 1.19. The van der Waals surface area contributed by atoms with Gasteiger partial charge in [-0.2, -0.15) is 0 Å². The molecule has 1 fully saturated rings. The Morgan fingerprint density at radius 2 is 1.71 bits per heavy atom. The maximum atomic E-state index is 6.27. The first-order valence-corrected chi connectivity index (χ1v) is 8.14. The fourth-order valence-electron chi connectivity index (χ4n) is 3.09. The van der Waals surface area contributed by atoms with Gasteiger partial charge < -0.3 is 5.32 Å². The minimum absolute atomic E-state index is 0.561. The highest BCUT2D eigenvalue weighted by Crippen LogP contribution is 2.39. The van der Waals surface area contributed by atoms with Gasteiger partial charge in [0.05, 0.1) is 0 Å². The summed E-state index contributed by atoms with van der Waals surface area (Å²) >= 11 is 6.27. The molecule has 21 heavy (non-hydrogen) atoms. The average Bonchev–Trinajstić information content (AvgIpc) is 2.48. The zero-order valence-electron chi connectivity index (χ0n) is 12.4. The van der Waals surface area contributed by atoms with Gasteiger partial charge in [-0.25, -0.2) is 0 Å². The summed E-state index contributed by atoms with van der Waals surface area (Å²) in [6.45, 7) is 3.33. The van der Waals surface area contributed by atoms with Crippen molar-refractivity contribution in [2.24, 2.45) is 0 Å². The van der Waals surface area contributed by atoms with Crippen LogP contribution in [0.3, 0.4) is 0 Å². The Morgan fingerprint density at radius 1 is 1.05 bits per heavy atom. The van der Waals surface area contributed by atoms with E-state index in [0.717, 1.165) is 11.6 Å². The van der Waals surface area contributed by atoms with Crippen LogP contribution in [0.15, 0.2) is 54.6 Å². The summed E-state index contributed by atoms with van der Waals surface area (Å²) in [6, 6.07) is 19.6. The molecule has 1 aliphatic carbocycles. The predicted molar refractivity (Wildman–Crippen MR) is 90.1 cm³/mol. The van der Waals surface area contributed by atoms with Gasteiger partial charge in [-0.05, 0) is 41.9 Å². The normalized spacial score (nSPS) is 22.6. The molecule has 2 aromatic carbocycles. The van der Waals surface area contributed by atoms with Crippen LogP contribution in [0.1, 0.15) is 42.7 Å². The van der Waals surface area contributed by atoms with Crippen LogP contribution in [-0.4, -0.2) is 12.6 Å². The second-order valence-electron chi connectivity index (χ2n) is 6.11. The highest BCUT2D eigenvalue weighted by Gasteiger charge is 2.31. The first kappa shape index (κ1) is 14.6. The van der Waals surface area contributed by atoms with Crippen LogP contribution < -0.4 is 5.32 Å². The molecule has 0 saturated heterocycles. The van der Waals surface area contributed by atoms with E-state index in [0.29, 0.717) is 17.9 Å². The van der Waals surface area contributed by atoms with Crippen molar-refractivity contribution in [1.82, 2.24) is 5.32 Å². The first-order valence-electron chi connectivity index (χ1n) is 7.77. The lowest BCUT2D eigenvalue weighted by molar-refractivity contribution is 0.287. The second-order valence-corrected chi connectivity index (χ2v) is 6.51. The van der Waals surface area contributed by atoms with Crippen molar-refractivity contribution >= 4 is 11.6 Å². The molecule has 0 bridgehead atoms. The monoisotopic (exact) mass is 299 g/mol. The molecule has 0 aliphatic heterocycles. The highest BCUT2D eigenvalue weighted by atomic mass is 35.5. The molecule has 0 spiro atoms. The standard InChI is InChI=1S/C19H22ClN/c1-14(15-7-3-2-4-8-15)13-21-17-11-16(12-17)18-9-5-6-10-19(18)20/h2-10,14,16-17,21H,11-13H2,1H3. The maximum absolute atomic E-state index is 6.27. The van der Waals surface area contributed by atoms with E-state index in [1.807, 2.05) is 12.1 Å². The minimum Gasteiger partial charge on any atom is -0.313 e. The third kappa shape index (κ3) is 3.48. The summed E-state index contributed by atoms with van der Waals surface area (Å²) in [6.07, 6.45) is 2.40. The van der Waals surface area contributed by atoms with Gasteiger partial charge >= 0.3 is 0 Å².